The van der Waals surface area contributed by atoms with Crippen molar-refractivity contribution in [3.63, 3.8) is 0 Å². The highest BCUT2D eigenvalue weighted by Crippen LogP contribution is 1.65. The predicted molar refractivity (Wildman–Crippen MR) is 30.6 cm³/mol. The summed E-state index contributed by atoms with van der Waals surface area (Å²) in [5.41, 5.74) is 9.74. The monoisotopic (exact) mass is 116 g/mol. The van der Waals surface area contributed by atoms with E-state index >= 15 is 0 Å². The Morgan fingerprint density at radius 1 is 1.62 bits per heavy atom. The van der Waals surface area contributed by atoms with Crippen LogP contribution in [0.2, 0.25) is 0 Å². The van der Waals surface area contributed by atoms with Gasteiger partial charge < -0.3 is 11.5 Å². The van der Waals surface area contributed by atoms with Gasteiger partial charge in [-0.05, 0) is 0 Å². The summed E-state index contributed by atoms with van der Waals surface area (Å²) in [6.07, 6.45) is 0.777. The molecule has 0 unspecified atom stereocenters. The average molecular weight is 116 g/mol. The lowest BCUT2D eigenvalue weighted by molar-refractivity contribution is 0.481. The number of nitrogens with zero attached hydrogens (tertiary/aromatic N) is 2. The van der Waals surface area contributed by atoms with Crippen molar-refractivity contribution in [3.05, 3.63) is 0 Å². The van der Waals surface area contributed by atoms with E-state index in [-0.39, 0.29) is 5.96 Å². The highest BCUT2D eigenvalue weighted by molar-refractivity contribution is 5.76. The summed E-state index contributed by atoms with van der Waals surface area (Å²) in [6, 6.07) is 0. The summed E-state index contributed by atoms with van der Waals surface area (Å²) in [4.78, 5) is 0. The van der Waals surface area contributed by atoms with Crippen LogP contribution in [0, 0.1) is 5.41 Å². The molecule has 0 fully saturated rings. The van der Waals surface area contributed by atoms with Crippen molar-refractivity contribution in [2.45, 2.75) is 0 Å². The quantitative estimate of drug-likeness (QED) is 0.144. The van der Waals surface area contributed by atoms with Crippen molar-refractivity contribution >= 4 is 12.3 Å². The molecule has 0 saturated carbocycles. The Morgan fingerprint density at radius 2 is 2.12 bits per heavy atom. The summed E-state index contributed by atoms with van der Waals surface area (Å²) < 4.78 is 0. The first-order valence-electron chi connectivity index (χ1n) is 1.81. The maximum Gasteiger partial charge on any atom is 0.210 e. The first-order valence-corrected chi connectivity index (χ1v) is 1.81. The van der Waals surface area contributed by atoms with E-state index in [4.69, 9.17) is 22.7 Å². The van der Waals surface area contributed by atoms with Gasteiger partial charge in [0.15, 0.2) is 0 Å². The number of nitrogens with one attached hydrogen (secondary N) is 1. The second-order valence-corrected chi connectivity index (χ2v) is 1.03. The highest BCUT2D eigenvalue weighted by atomic mass is 15.6. The third-order valence-corrected chi connectivity index (χ3v) is 0.363. The number of guanidine groups is 1. The first-order chi connectivity index (χ1) is 3.66. The summed E-state index contributed by atoms with van der Waals surface area (Å²) in [5.74, 6) is 4.75. The summed E-state index contributed by atoms with van der Waals surface area (Å²) in [5, 5.41) is 10.4. The van der Waals surface area contributed by atoms with Gasteiger partial charge in [0.25, 0.3) is 0 Å². The number of hydrogen-bond donors (Lipinski definition) is 4. The maximum absolute atomic E-state index is 6.46. The van der Waals surface area contributed by atoms with Crippen molar-refractivity contribution in [2.24, 2.45) is 22.4 Å². The van der Waals surface area contributed by atoms with Gasteiger partial charge in [-0.25, -0.2) is 5.84 Å². The highest BCUT2D eigenvalue weighted by Gasteiger charge is 1.82. The molecule has 0 amide bonds. The molecule has 6 nitrogen and oxygen atoms in total. The molecule has 0 bridgehead atoms. The minimum Gasteiger partial charge on any atom is -0.369 e. The fourth-order valence-corrected chi connectivity index (χ4v) is 0.162. The Morgan fingerprint density at radius 3 is 2.25 bits per heavy atom. The molecule has 0 aliphatic rings. The molecule has 0 saturated heterocycles. The summed E-state index contributed by atoms with van der Waals surface area (Å²) in [6.45, 7) is 0. The number of rotatable bonds is 2. The Hall–Kier alpha value is -1.30. The molecule has 8 heavy (non-hydrogen) atoms. The van der Waals surface area contributed by atoms with Crippen LogP contribution in [0.15, 0.2) is 5.10 Å². The van der Waals surface area contributed by atoms with Gasteiger partial charge in [-0.15, -0.1) is 5.10 Å². The molecule has 0 aromatic heterocycles. The van der Waals surface area contributed by atoms with Crippen LogP contribution in [0.5, 0.6) is 0 Å². The average Bonchev–Trinajstić information content (AvgIpc) is 1.65. The SMILES string of the molecule is N=CN(N)N=C(N)N. The Bertz CT molecular complexity index is 101. The zero-order valence-electron chi connectivity index (χ0n) is 4.20. The third kappa shape index (κ3) is 2.91. The maximum atomic E-state index is 6.46. The van der Waals surface area contributed by atoms with Gasteiger partial charge in [-0.3, -0.25) is 5.41 Å². The smallest absolute Gasteiger partial charge is 0.210 e. The number of hydrazone groups is 1. The third-order valence-electron chi connectivity index (χ3n) is 0.363. The Balaban J connectivity index is 3.68. The van der Waals surface area contributed by atoms with Gasteiger partial charge in [0.2, 0.25) is 5.96 Å². The lowest BCUT2D eigenvalue weighted by atomic mass is 11.1. The standard InChI is InChI=1S/C2H8N6/c3-1-8(6)7-2(4)5/h1,3H,6H2,(H4,4,5,7). The molecule has 0 aromatic carbocycles. The molecule has 7 N–H and O–H groups in total. The summed E-state index contributed by atoms with van der Waals surface area (Å²) in [7, 11) is 0. The largest absolute Gasteiger partial charge is 0.369 e. The Kier molecular flexibility index (Phi) is 2.35. The fraction of sp³-hybridized carbons (Fsp3) is 0. The van der Waals surface area contributed by atoms with Gasteiger partial charge in [-0.1, -0.05) is 0 Å². The molecule has 0 heterocycles. The molecule has 0 aliphatic heterocycles. The van der Waals surface area contributed by atoms with E-state index in [1.165, 1.54) is 0 Å². The molecule has 0 rings (SSSR count). The van der Waals surface area contributed by atoms with Crippen LogP contribution in [0.25, 0.3) is 0 Å². The van der Waals surface area contributed by atoms with Crippen LogP contribution in [0.3, 0.4) is 0 Å². The molecule has 46 valence electrons. The lowest BCUT2D eigenvalue weighted by Gasteiger charge is -2.01. The van der Waals surface area contributed by atoms with Crippen molar-refractivity contribution in [3.8, 4) is 0 Å². The number of nitrogens with two attached hydrogens (primary N) is 3. The van der Waals surface area contributed by atoms with Crippen molar-refractivity contribution in [1.82, 2.24) is 5.12 Å². The van der Waals surface area contributed by atoms with Crippen LogP contribution in [0.1, 0.15) is 0 Å². The van der Waals surface area contributed by atoms with Crippen LogP contribution in [-0.4, -0.2) is 17.4 Å². The molecule has 6 heteroatoms. The molecular formula is C2H8N6. The zero-order chi connectivity index (χ0) is 6.57. The minimum atomic E-state index is -0.170. The fourth-order valence-electron chi connectivity index (χ4n) is 0.162. The van der Waals surface area contributed by atoms with Crippen molar-refractivity contribution < 1.29 is 0 Å². The van der Waals surface area contributed by atoms with E-state index in [2.05, 4.69) is 5.10 Å². The topological polar surface area (TPSA) is 118 Å². The second kappa shape index (κ2) is 2.80. The molecule has 0 spiro atoms. The predicted octanol–water partition coefficient (Wildman–Crippen LogP) is -2.04. The molecule has 0 atom stereocenters. The van der Waals surface area contributed by atoms with E-state index in [1.807, 2.05) is 0 Å². The zero-order valence-corrected chi connectivity index (χ0v) is 4.20. The molecule has 0 aromatic rings. The van der Waals surface area contributed by atoms with E-state index < -0.39 is 0 Å². The number of hydrazine groups is 1. The number of hydrogen-bond acceptors (Lipinski definition) is 3. The summed E-state index contributed by atoms with van der Waals surface area (Å²) >= 11 is 0. The second-order valence-electron chi connectivity index (χ2n) is 1.03. The van der Waals surface area contributed by atoms with Crippen LogP contribution in [0.4, 0.5) is 0 Å². The van der Waals surface area contributed by atoms with E-state index in [9.17, 15) is 0 Å². The first kappa shape index (κ1) is 6.70. The van der Waals surface area contributed by atoms with Crippen LogP contribution < -0.4 is 17.3 Å². The van der Waals surface area contributed by atoms with E-state index in [0.29, 0.717) is 5.12 Å². The molecular weight excluding hydrogens is 108 g/mol. The molecule has 0 aliphatic carbocycles. The van der Waals surface area contributed by atoms with Gasteiger partial charge >= 0.3 is 0 Å². The Labute approximate surface area is 46.4 Å². The lowest BCUT2D eigenvalue weighted by Crippen LogP contribution is -2.31. The van der Waals surface area contributed by atoms with Crippen LogP contribution >= 0.6 is 0 Å². The van der Waals surface area contributed by atoms with Crippen molar-refractivity contribution in [2.75, 3.05) is 0 Å². The van der Waals surface area contributed by atoms with Gasteiger partial charge in [-0.2, -0.15) is 5.12 Å². The minimum absolute atomic E-state index is 0.170. The van der Waals surface area contributed by atoms with Gasteiger partial charge in [0, 0.05) is 0 Å². The van der Waals surface area contributed by atoms with Crippen LogP contribution in [-0.2, 0) is 0 Å². The molecule has 0 radical (unpaired) electrons. The van der Waals surface area contributed by atoms with Crippen molar-refractivity contribution in [1.29, 1.82) is 5.41 Å². The normalized spacial score (nSPS) is 7.62. The van der Waals surface area contributed by atoms with Gasteiger partial charge in [0.05, 0.1) is 0 Å². The van der Waals surface area contributed by atoms with E-state index in [1.54, 1.807) is 0 Å². The van der Waals surface area contributed by atoms with E-state index in [0.717, 1.165) is 6.34 Å². The van der Waals surface area contributed by atoms with Gasteiger partial charge in [0.1, 0.15) is 6.34 Å².